The normalized spacial score (nSPS) is 13.8. The lowest BCUT2D eigenvalue weighted by molar-refractivity contribution is -0.114. The lowest BCUT2D eigenvalue weighted by Crippen LogP contribution is -2.13. The maximum absolute atomic E-state index is 11.4. The number of unbranched alkanes of at least 4 members (excludes halogenated alkanes) is 3. The van der Waals surface area contributed by atoms with Crippen LogP contribution in [0.5, 0.6) is 11.5 Å². The van der Waals surface area contributed by atoms with E-state index in [0.29, 0.717) is 5.57 Å². The van der Waals surface area contributed by atoms with E-state index >= 15 is 0 Å². The highest BCUT2D eigenvalue weighted by atomic mass is 16.7. The molecule has 0 atom stereocenters. The van der Waals surface area contributed by atoms with Crippen LogP contribution >= 0.6 is 0 Å². The second-order valence-corrected chi connectivity index (χ2v) is 5.34. The molecule has 0 saturated heterocycles. The average molecular weight is 301 g/mol. The van der Waals surface area contributed by atoms with Gasteiger partial charge in [-0.1, -0.05) is 50.5 Å². The summed E-state index contributed by atoms with van der Waals surface area (Å²) in [5.74, 6) is 1.18. The van der Waals surface area contributed by atoms with E-state index in [9.17, 15) is 4.79 Å². The summed E-state index contributed by atoms with van der Waals surface area (Å²) in [6, 6.07) is 5.74. The highest BCUT2D eigenvalue weighted by molar-refractivity contribution is 5.92. The molecule has 0 aromatic heterocycles. The molecule has 0 aliphatic carbocycles. The van der Waals surface area contributed by atoms with Gasteiger partial charge in [-0.05, 0) is 30.5 Å². The van der Waals surface area contributed by atoms with Crippen LogP contribution < -0.4 is 15.2 Å². The van der Waals surface area contributed by atoms with Crippen LogP contribution in [0.2, 0.25) is 0 Å². The van der Waals surface area contributed by atoms with Gasteiger partial charge in [0.05, 0.1) is 0 Å². The first-order valence-corrected chi connectivity index (χ1v) is 7.77. The summed E-state index contributed by atoms with van der Waals surface area (Å²) >= 11 is 0. The first-order valence-electron chi connectivity index (χ1n) is 7.77. The molecule has 4 heteroatoms. The van der Waals surface area contributed by atoms with Gasteiger partial charge >= 0.3 is 0 Å². The number of hydrogen-bond donors (Lipinski definition) is 1. The molecule has 0 radical (unpaired) electrons. The lowest BCUT2D eigenvalue weighted by Gasteiger charge is -2.02. The van der Waals surface area contributed by atoms with Crippen LogP contribution in [0.4, 0.5) is 0 Å². The average Bonchev–Trinajstić information content (AvgIpc) is 2.97. The first-order chi connectivity index (χ1) is 10.7. The highest BCUT2D eigenvalue weighted by Crippen LogP contribution is 2.32. The molecule has 1 aromatic carbocycles. The number of carbonyl (C=O) groups is 1. The number of amides is 1. The maximum Gasteiger partial charge on any atom is 0.244 e. The van der Waals surface area contributed by atoms with Crippen molar-refractivity contribution in [1.82, 2.24) is 0 Å². The zero-order valence-corrected chi connectivity index (χ0v) is 13.0. The number of carbonyl (C=O) groups excluding carboxylic acids is 1. The van der Waals surface area contributed by atoms with Crippen molar-refractivity contribution >= 4 is 12.0 Å². The topological polar surface area (TPSA) is 61.6 Å². The van der Waals surface area contributed by atoms with Gasteiger partial charge in [-0.15, -0.1) is 0 Å². The molecule has 22 heavy (non-hydrogen) atoms. The van der Waals surface area contributed by atoms with Crippen molar-refractivity contribution in [3.63, 3.8) is 0 Å². The molecule has 4 nitrogen and oxygen atoms in total. The van der Waals surface area contributed by atoms with Crippen LogP contribution in [0.1, 0.15) is 44.6 Å². The number of nitrogens with two attached hydrogens (primary N) is 1. The molecule has 1 amide bonds. The first kappa shape index (κ1) is 16.1. The van der Waals surface area contributed by atoms with E-state index in [1.54, 1.807) is 6.08 Å². The van der Waals surface area contributed by atoms with Crippen LogP contribution in [0.25, 0.3) is 6.08 Å². The second-order valence-electron chi connectivity index (χ2n) is 5.34. The Morgan fingerprint density at radius 1 is 1.23 bits per heavy atom. The molecule has 2 N–H and O–H groups in total. The molecule has 118 valence electrons. The Morgan fingerprint density at radius 2 is 2.05 bits per heavy atom. The summed E-state index contributed by atoms with van der Waals surface area (Å²) < 4.78 is 10.6. The number of benzene rings is 1. The van der Waals surface area contributed by atoms with Gasteiger partial charge in [0.15, 0.2) is 11.5 Å². The van der Waals surface area contributed by atoms with E-state index < -0.39 is 0 Å². The van der Waals surface area contributed by atoms with Gasteiger partial charge in [-0.25, -0.2) is 0 Å². The van der Waals surface area contributed by atoms with Crippen molar-refractivity contribution in [1.29, 1.82) is 0 Å². The summed E-state index contributed by atoms with van der Waals surface area (Å²) in [5.41, 5.74) is 7.10. The van der Waals surface area contributed by atoms with Crippen molar-refractivity contribution in [2.24, 2.45) is 5.73 Å². The smallest absolute Gasteiger partial charge is 0.244 e. The zero-order valence-electron chi connectivity index (χ0n) is 13.0. The van der Waals surface area contributed by atoms with Gasteiger partial charge in [0.1, 0.15) is 0 Å². The minimum absolute atomic E-state index is 0.270. The summed E-state index contributed by atoms with van der Waals surface area (Å²) in [7, 11) is 0. The van der Waals surface area contributed by atoms with Crippen LogP contribution in [0.3, 0.4) is 0 Å². The number of rotatable bonds is 8. The molecule has 0 saturated carbocycles. The number of primary amides is 1. The third-order valence-corrected chi connectivity index (χ3v) is 3.60. The number of allylic oxidation sites excluding steroid dienone is 2. The van der Waals surface area contributed by atoms with Crippen molar-refractivity contribution in [3.05, 3.63) is 41.5 Å². The largest absolute Gasteiger partial charge is 0.454 e. The Hall–Kier alpha value is -2.23. The third-order valence-electron chi connectivity index (χ3n) is 3.60. The van der Waals surface area contributed by atoms with Crippen LogP contribution in [0.15, 0.2) is 35.9 Å². The number of fused-ring (bicyclic) bond motifs is 1. The molecular formula is C18H23NO3. The van der Waals surface area contributed by atoms with Gasteiger partial charge in [0.25, 0.3) is 0 Å². The van der Waals surface area contributed by atoms with Crippen LogP contribution in [-0.2, 0) is 4.79 Å². The Labute approximate surface area is 131 Å². The predicted molar refractivity (Wildman–Crippen MR) is 87.6 cm³/mol. The Kier molecular flexibility index (Phi) is 6.07. The number of hydrogen-bond acceptors (Lipinski definition) is 3. The predicted octanol–water partition coefficient (Wildman–Crippen LogP) is 3.81. The minimum Gasteiger partial charge on any atom is -0.454 e. The third kappa shape index (κ3) is 4.65. The van der Waals surface area contributed by atoms with E-state index in [2.05, 4.69) is 6.92 Å². The van der Waals surface area contributed by atoms with Crippen LogP contribution in [-0.4, -0.2) is 12.7 Å². The van der Waals surface area contributed by atoms with Crippen molar-refractivity contribution in [3.8, 4) is 11.5 Å². The van der Waals surface area contributed by atoms with Crippen molar-refractivity contribution in [2.75, 3.05) is 6.79 Å². The molecule has 0 bridgehead atoms. The fraction of sp³-hybridized carbons (Fsp3) is 0.389. The molecule has 1 aromatic rings. The van der Waals surface area contributed by atoms with Gasteiger partial charge in [-0.3, -0.25) is 4.79 Å². The highest BCUT2D eigenvalue weighted by Gasteiger charge is 2.12. The Balaban J connectivity index is 1.95. The monoisotopic (exact) mass is 301 g/mol. The fourth-order valence-corrected chi connectivity index (χ4v) is 2.32. The maximum atomic E-state index is 11.4. The summed E-state index contributed by atoms with van der Waals surface area (Å²) in [6.45, 7) is 2.44. The molecule has 0 fully saturated rings. The van der Waals surface area contributed by atoms with Crippen molar-refractivity contribution < 1.29 is 14.3 Å². The van der Waals surface area contributed by atoms with Gasteiger partial charge in [0, 0.05) is 5.57 Å². The van der Waals surface area contributed by atoms with E-state index in [-0.39, 0.29) is 12.7 Å². The van der Waals surface area contributed by atoms with E-state index in [1.165, 1.54) is 12.8 Å². The molecular weight excluding hydrogens is 278 g/mol. The molecule has 0 spiro atoms. The van der Waals surface area contributed by atoms with E-state index in [4.69, 9.17) is 15.2 Å². The molecule has 1 aliphatic rings. The summed E-state index contributed by atoms with van der Waals surface area (Å²) in [6.07, 6.45) is 10.8. The summed E-state index contributed by atoms with van der Waals surface area (Å²) in [4.78, 5) is 11.4. The molecule has 0 unspecified atom stereocenters. The minimum atomic E-state index is -0.341. The van der Waals surface area contributed by atoms with Gasteiger partial charge in [0.2, 0.25) is 12.7 Å². The molecule has 1 heterocycles. The zero-order chi connectivity index (χ0) is 15.8. The molecule has 1 aliphatic heterocycles. The Bertz CT molecular complexity index is 576. The molecule has 2 rings (SSSR count). The SMILES string of the molecule is CCCCCCC(=CC=Cc1ccc2c(c1)OCO2)C(N)=O. The van der Waals surface area contributed by atoms with Crippen molar-refractivity contribution in [2.45, 2.75) is 39.0 Å². The quantitative estimate of drug-likeness (QED) is 0.451. The fourth-order valence-electron chi connectivity index (χ4n) is 2.32. The van der Waals surface area contributed by atoms with Crippen LogP contribution in [0, 0.1) is 0 Å². The van der Waals surface area contributed by atoms with Gasteiger partial charge in [-0.2, -0.15) is 0 Å². The number of ether oxygens (including phenoxy) is 2. The Morgan fingerprint density at radius 3 is 2.82 bits per heavy atom. The standard InChI is InChI=1S/C18H23NO3/c1-2-3-4-5-8-15(18(19)20)9-6-7-14-10-11-16-17(12-14)22-13-21-16/h6-7,9-12H,2-5,8,13H2,1H3,(H2,19,20). The lowest BCUT2D eigenvalue weighted by atomic mass is 10.1. The van der Waals surface area contributed by atoms with E-state index in [1.807, 2.05) is 30.4 Å². The second kappa shape index (κ2) is 8.27. The summed E-state index contributed by atoms with van der Waals surface area (Å²) in [5, 5.41) is 0. The van der Waals surface area contributed by atoms with E-state index in [0.717, 1.165) is 36.3 Å². The van der Waals surface area contributed by atoms with Gasteiger partial charge < -0.3 is 15.2 Å².